The van der Waals surface area contributed by atoms with Crippen LogP contribution in [0, 0.1) is 5.82 Å². The maximum Gasteiger partial charge on any atom is 0.125 e. The second-order valence-corrected chi connectivity index (χ2v) is 7.36. The third kappa shape index (κ3) is 3.84. The van der Waals surface area contributed by atoms with Crippen molar-refractivity contribution in [3.05, 3.63) is 59.9 Å². The van der Waals surface area contributed by atoms with Crippen molar-refractivity contribution in [3.63, 3.8) is 0 Å². The van der Waals surface area contributed by atoms with Gasteiger partial charge >= 0.3 is 0 Å². The second kappa shape index (κ2) is 7.25. The Balaban J connectivity index is 1.32. The quantitative estimate of drug-likeness (QED) is 0.886. The van der Waals surface area contributed by atoms with Gasteiger partial charge in [0, 0.05) is 31.7 Å². The van der Waals surface area contributed by atoms with E-state index in [1.165, 1.54) is 17.7 Å². The van der Waals surface area contributed by atoms with Gasteiger partial charge in [0.25, 0.3) is 0 Å². The van der Waals surface area contributed by atoms with E-state index in [1.54, 1.807) is 13.2 Å². The highest BCUT2D eigenvalue weighted by molar-refractivity contribution is 5.44. The van der Waals surface area contributed by atoms with Gasteiger partial charge in [-0.15, -0.1) is 0 Å². The summed E-state index contributed by atoms with van der Waals surface area (Å²) in [5, 5.41) is 3.41. The summed E-state index contributed by atoms with van der Waals surface area (Å²) in [6.07, 6.45) is 2.01. The molecule has 5 heteroatoms. The molecule has 2 saturated heterocycles. The van der Waals surface area contributed by atoms with Gasteiger partial charge in [-0.3, -0.25) is 4.90 Å². The van der Waals surface area contributed by atoms with Crippen molar-refractivity contribution < 1.29 is 13.9 Å². The van der Waals surface area contributed by atoms with Crippen LogP contribution in [0.25, 0.3) is 0 Å². The van der Waals surface area contributed by atoms with Gasteiger partial charge in [-0.2, -0.15) is 0 Å². The van der Waals surface area contributed by atoms with Crippen LogP contribution in [0.1, 0.15) is 18.4 Å². The van der Waals surface area contributed by atoms with E-state index in [-0.39, 0.29) is 17.5 Å². The minimum atomic E-state index is -0.213. The molecule has 0 saturated carbocycles. The maximum absolute atomic E-state index is 13.4. The van der Waals surface area contributed by atoms with Crippen molar-refractivity contribution in [1.29, 1.82) is 0 Å². The van der Waals surface area contributed by atoms with Crippen LogP contribution in [0.4, 0.5) is 10.1 Å². The minimum Gasteiger partial charge on any atom is -0.497 e. The molecule has 26 heavy (non-hydrogen) atoms. The van der Waals surface area contributed by atoms with Crippen molar-refractivity contribution in [2.75, 3.05) is 32.1 Å². The normalized spacial score (nSPS) is 25.7. The molecule has 2 aliphatic heterocycles. The van der Waals surface area contributed by atoms with Gasteiger partial charge in [0.15, 0.2) is 0 Å². The summed E-state index contributed by atoms with van der Waals surface area (Å²) in [5.74, 6) is 0.673. The van der Waals surface area contributed by atoms with E-state index in [4.69, 9.17) is 9.47 Å². The predicted molar refractivity (Wildman–Crippen MR) is 100.0 cm³/mol. The Morgan fingerprint density at radius 3 is 2.88 bits per heavy atom. The Hall–Kier alpha value is -2.11. The Bertz CT molecular complexity index is 752. The lowest BCUT2D eigenvalue weighted by Crippen LogP contribution is -2.33. The molecule has 2 aromatic carbocycles. The Kier molecular flexibility index (Phi) is 4.83. The lowest BCUT2D eigenvalue weighted by atomic mass is 9.97. The fourth-order valence-corrected chi connectivity index (χ4v) is 4.09. The molecule has 138 valence electrons. The number of benzene rings is 2. The van der Waals surface area contributed by atoms with Gasteiger partial charge in [0.2, 0.25) is 0 Å². The fraction of sp³-hybridized carbons (Fsp3) is 0.429. The number of halogens is 1. The molecule has 0 aliphatic carbocycles. The molecule has 4 nitrogen and oxygen atoms in total. The topological polar surface area (TPSA) is 33.7 Å². The van der Waals surface area contributed by atoms with Crippen molar-refractivity contribution in [2.45, 2.75) is 31.0 Å². The van der Waals surface area contributed by atoms with Crippen molar-refractivity contribution in [1.82, 2.24) is 4.90 Å². The van der Waals surface area contributed by atoms with E-state index >= 15 is 0 Å². The third-order valence-electron chi connectivity index (χ3n) is 5.37. The molecule has 4 rings (SSSR count). The monoisotopic (exact) mass is 356 g/mol. The zero-order chi connectivity index (χ0) is 18.0. The first-order valence-electron chi connectivity index (χ1n) is 9.15. The van der Waals surface area contributed by atoms with Crippen LogP contribution in [0.2, 0.25) is 0 Å². The molecule has 0 amide bonds. The number of rotatable bonds is 5. The highest BCUT2D eigenvalue weighted by Gasteiger charge is 2.45. The van der Waals surface area contributed by atoms with Crippen molar-refractivity contribution in [2.24, 2.45) is 0 Å². The van der Waals surface area contributed by atoms with E-state index in [0.717, 1.165) is 43.9 Å². The number of anilines is 1. The zero-order valence-corrected chi connectivity index (χ0v) is 15.1. The molecule has 2 aliphatic rings. The summed E-state index contributed by atoms with van der Waals surface area (Å²) in [7, 11) is 1.69. The van der Waals surface area contributed by atoms with Crippen LogP contribution in [-0.4, -0.2) is 43.3 Å². The average molecular weight is 356 g/mol. The van der Waals surface area contributed by atoms with Crippen molar-refractivity contribution >= 4 is 5.69 Å². The summed E-state index contributed by atoms with van der Waals surface area (Å²) in [6.45, 7) is 3.59. The summed E-state index contributed by atoms with van der Waals surface area (Å²) in [4.78, 5) is 2.45. The van der Waals surface area contributed by atoms with E-state index in [2.05, 4.69) is 22.3 Å². The van der Waals surface area contributed by atoms with Gasteiger partial charge < -0.3 is 14.8 Å². The van der Waals surface area contributed by atoms with Gasteiger partial charge in [-0.05, 0) is 42.3 Å². The number of nitrogens with zero attached hydrogens (tertiary/aromatic N) is 1. The number of methoxy groups -OCH3 is 1. The molecule has 1 N–H and O–H groups in total. The molecule has 0 radical (unpaired) electrons. The predicted octanol–water partition coefficient (Wildman–Crippen LogP) is 3.68. The fourth-order valence-electron chi connectivity index (χ4n) is 4.09. The lowest BCUT2D eigenvalue weighted by molar-refractivity contribution is 0.0120. The van der Waals surface area contributed by atoms with Gasteiger partial charge in [-0.1, -0.05) is 18.2 Å². The molecule has 2 aromatic rings. The van der Waals surface area contributed by atoms with Gasteiger partial charge in [-0.25, -0.2) is 4.39 Å². The van der Waals surface area contributed by atoms with Crippen LogP contribution >= 0.6 is 0 Å². The molecular weight excluding hydrogens is 331 g/mol. The summed E-state index contributed by atoms with van der Waals surface area (Å²) < 4.78 is 24.8. The number of hydrogen-bond acceptors (Lipinski definition) is 4. The smallest absolute Gasteiger partial charge is 0.125 e. The Morgan fingerprint density at radius 2 is 2.12 bits per heavy atom. The van der Waals surface area contributed by atoms with Gasteiger partial charge in [0.05, 0.1) is 25.4 Å². The SMILES string of the molecule is COc1ccc(CN2CC[C@@]3(C[C@@H](Nc4cccc(F)c4)CO3)C2)cc1. The standard InChI is InChI=1S/C21H25FN2O2/c1-25-20-7-5-16(6-8-20)13-24-10-9-21(15-24)12-19(14-26-21)23-18-4-2-3-17(22)11-18/h2-8,11,19,23H,9-10,12-15H2,1H3/t19-,21-/m1/s1. The molecule has 2 heterocycles. The third-order valence-corrected chi connectivity index (χ3v) is 5.37. The highest BCUT2D eigenvalue weighted by atomic mass is 19.1. The zero-order valence-electron chi connectivity index (χ0n) is 15.1. The molecule has 0 bridgehead atoms. The first-order valence-corrected chi connectivity index (χ1v) is 9.15. The molecule has 1 spiro atoms. The van der Waals surface area contributed by atoms with Gasteiger partial charge in [0.1, 0.15) is 11.6 Å². The van der Waals surface area contributed by atoms with E-state index in [0.29, 0.717) is 6.61 Å². The molecule has 0 aromatic heterocycles. The van der Waals surface area contributed by atoms with Crippen LogP contribution in [0.3, 0.4) is 0 Å². The molecule has 2 atom stereocenters. The van der Waals surface area contributed by atoms with Crippen LogP contribution in [0.5, 0.6) is 5.75 Å². The first-order chi connectivity index (χ1) is 12.6. The highest BCUT2D eigenvalue weighted by Crippen LogP contribution is 2.36. The molecular formula is C21H25FN2O2. The number of ether oxygens (including phenoxy) is 2. The Labute approximate surface area is 153 Å². The first kappa shape index (κ1) is 17.3. The van der Waals surface area contributed by atoms with Crippen molar-refractivity contribution in [3.8, 4) is 5.75 Å². The largest absolute Gasteiger partial charge is 0.497 e. The summed E-state index contributed by atoms with van der Waals surface area (Å²) in [6, 6.07) is 15.1. The number of hydrogen-bond donors (Lipinski definition) is 1. The lowest BCUT2D eigenvalue weighted by Gasteiger charge is -2.23. The number of nitrogens with one attached hydrogen (secondary N) is 1. The molecule has 0 unspecified atom stereocenters. The summed E-state index contributed by atoms with van der Waals surface area (Å²) >= 11 is 0. The maximum atomic E-state index is 13.4. The van der Waals surface area contributed by atoms with Crippen LogP contribution in [0.15, 0.2) is 48.5 Å². The van der Waals surface area contributed by atoms with Crippen LogP contribution < -0.4 is 10.1 Å². The molecule has 2 fully saturated rings. The van der Waals surface area contributed by atoms with E-state index in [9.17, 15) is 4.39 Å². The number of likely N-dealkylation sites (tertiary alicyclic amines) is 1. The second-order valence-electron chi connectivity index (χ2n) is 7.36. The average Bonchev–Trinajstić information content (AvgIpc) is 3.22. The Morgan fingerprint density at radius 1 is 1.27 bits per heavy atom. The van der Waals surface area contributed by atoms with E-state index in [1.807, 2.05) is 18.2 Å². The van der Waals surface area contributed by atoms with E-state index < -0.39 is 0 Å². The van der Waals surface area contributed by atoms with Crippen LogP contribution in [-0.2, 0) is 11.3 Å². The minimum absolute atomic E-state index is 0.0720. The summed E-state index contributed by atoms with van der Waals surface area (Å²) in [5.41, 5.74) is 2.04.